The van der Waals surface area contributed by atoms with Crippen molar-refractivity contribution in [1.29, 1.82) is 0 Å². The van der Waals surface area contributed by atoms with Gasteiger partial charge in [0.25, 0.3) is 0 Å². The predicted molar refractivity (Wildman–Crippen MR) is 93.6 cm³/mol. The SMILES string of the molecule is CCc1cc(N2CC(c3ccncc3)C2)nc(N2CCOCC2)n1. The molecule has 2 aromatic heterocycles. The van der Waals surface area contributed by atoms with E-state index in [9.17, 15) is 0 Å². The van der Waals surface area contributed by atoms with Gasteiger partial charge in [-0.3, -0.25) is 4.98 Å². The second-order valence-corrected chi connectivity index (χ2v) is 6.35. The summed E-state index contributed by atoms with van der Waals surface area (Å²) >= 11 is 0. The van der Waals surface area contributed by atoms with Crippen molar-refractivity contribution in [3.05, 3.63) is 41.9 Å². The van der Waals surface area contributed by atoms with E-state index in [0.29, 0.717) is 5.92 Å². The molecule has 2 aliphatic heterocycles. The normalized spacial score (nSPS) is 18.5. The van der Waals surface area contributed by atoms with E-state index in [2.05, 4.69) is 39.9 Å². The second-order valence-electron chi connectivity index (χ2n) is 6.35. The van der Waals surface area contributed by atoms with E-state index in [1.54, 1.807) is 0 Å². The minimum Gasteiger partial charge on any atom is -0.378 e. The van der Waals surface area contributed by atoms with Crippen molar-refractivity contribution >= 4 is 11.8 Å². The van der Waals surface area contributed by atoms with Crippen LogP contribution in [0.2, 0.25) is 0 Å². The quantitative estimate of drug-likeness (QED) is 0.855. The minimum atomic E-state index is 0.569. The number of rotatable bonds is 4. The first-order valence-corrected chi connectivity index (χ1v) is 8.69. The summed E-state index contributed by atoms with van der Waals surface area (Å²) in [6.45, 7) is 7.40. The third kappa shape index (κ3) is 3.06. The van der Waals surface area contributed by atoms with E-state index in [4.69, 9.17) is 14.7 Å². The van der Waals surface area contributed by atoms with Crippen molar-refractivity contribution < 1.29 is 4.74 Å². The predicted octanol–water partition coefficient (Wildman–Crippen LogP) is 1.87. The lowest BCUT2D eigenvalue weighted by Crippen LogP contribution is -2.46. The number of ether oxygens (including phenoxy) is 1. The Bertz CT molecular complexity index is 681. The average molecular weight is 325 g/mol. The third-order valence-corrected chi connectivity index (χ3v) is 4.79. The Hall–Kier alpha value is -2.21. The molecule has 6 heteroatoms. The molecule has 0 unspecified atom stereocenters. The zero-order valence-corrected chi connectivity index (χ0v) is 14.1. The van der Waals surface area contributed by atoms with Crippen LogP contribution in [-0.4, -0.2) is 54.3 Å². The molecule has 0 saturated carbocycles. The van der Waals surface area contributed by atoms with Gasteiger partial charge in [0.1, 0.15) is 5.82 Å². The van der Waals surface area contributed by atoms with Gasteiger partial charge in [-0.1, -0.05) is 6.92 Å². The van der Waals surface area contributed by atoms with Gasteiger partial charge in [-0.05, 0) is 24.1 Å². The minimum absolute atomic E-state index is 0.569. The first kappa shape index (κ1) is 15.3. The highest BCUT2D eigenvalue weighted by atomic mass is 16.5. The lowest BCUT2D eigenvalue weighted by molar-refractivity contribution is 0.122. The van der Waals surface area contributed by atoms with Gasteiger partial charge >= 0.3 is 0 Å². The van der Waals surface area contributed by atoms with Crippen molar-refractivity contribution in [2.24, 2.45) is 0 Å². The maximum absolute atomic E-state index is 5.44. The van der Waals surface area contributed by atoms with Crippen molar-refractivity contribution in [2.45, 2.75) is 19.3 Å². The molecule has 6 nitrogen and oxygen atoms in total. The van der Waals surface area contributed by atoms with Crippen LogP contribution in [0.25, 0.3) is 0 Å². The fraction of sp³-hybridized carbons (Fsp3) is 0.500. The molecule has 24 heavy (non-hydrogen) atoms. The summed E-state index contributed by atoms with van der Waals surface area (Å²) in [4.78, 5) is 18.2. The molecule has 2 aromatic rings. The van der Waals surface area contributed by atoms with E-state index in [0.717, 1.165) is 63.3 Å². The molecule has 0 amide bonds. The van der Waals surface area contributed by atoms with Gasteiger partial charge in [0.05, 0.1) is 13.2 Å². The van der Waals surface area contributed by atoms with Gasteiger partial charge in [0, 0.05) is 56.3 Å². The summed E-state index contributed by atoms with van der Waals surface area (Å²) in [5.74, 6) is 2.47. The molecule has 2 aliphatic rings. The molecule has 126 valence electrons. The van der Waals surface area contributed by atoms with Crippen LogP contribution >= 0.6 is 0 Å². The van der Waals surface area contributed by atoms with Crippen LogP contribution < -0.4 is 9.80 Å². The number of morpholine rings is 1. The fourth-order valence-corrected chi connectivity index (χ4v) is 3.23. The van der Waals surface area contributed by atoms with Gasteiger partial charge in [0.2, 0.25) is 5.95 Å². The van der Waals surface area contributed by atoms with Crippen LogP contribution in [0, 0.1) is 0 Å². The summed E-state index contributed by atoms with van der Waals surface area (Å²) in [5.41, 5.74) is 2.47. The molecule has 0 atom stereocenters. The van der Waals surface area contributed by atoms with Gasteiger partial charge in [-0.15, -0.1) is 0 Å². The Morgan fingerprint density at radius 3 is 2.54 bits per heavy atom. The first-order chi connectivity index (χ1) is 11.8. The maximum atomic E-state index is 5.44. The van der Waals surface area contributed by atoms with Gasteiger partial charge in [-0.2, -0.15) is 4.98 Å². The Morgan fingerprint density at radius 1 is 1.08 bits per heavy atom. The number of hydrogen-bond acceptors (Lipinski definition) is 6. The van der Waals surface area contributed by atoms with Crippen molar-refractivity contribution in [1.82, 2.24) is 15.0 Å². The van der Waals surface area contributed by atoms with Crippen molar-refractivity contribution in [3.8, 4) is 0 Å². The smallest absolute Gasteiger partial charge is 0.227 e. The Labute approximate surface area is 142 Å². The van der Waals surface area contributed by atoms with Crippen LogP contribution in [-0.2, 0) is 11.2 Å². The zero-order valence-electron chi connectivity index (χ0n) is 14.1. The molecule has 0 N–H and O–H groups in total. The lowest BCUT2D eigenvalue weighted by Gasteiger charge is -2.41. The van der Waals surface area contributed by atoms with Gasteiger partial charge in [0.15, 0.2) is 0 Å². The highest BCUT2D eigenvalue weighted by molar-refractivity contribution is 5.50. The molecule has 4 heterocycles. The molecular formula is C18H23N5O. The molecule has 0 aromatic carbocycles. The Balaban J connectivity index is 1.51. The first-order valence-electron chi connectivity index (χ1n) is 8.69. The highest BCUT2D eigenvalue weighted by Crippen LogP contribution is 2.31. The van der Waals surface area contributed by atoms with Crippen LogP contribution in [0.3, 0.4) is 0 Å². The summed E-state index contributed by atoms with van der Waals surface area (Å²) in [5, 5.41) is 0. The summed E-state index contributed by atoms with van der Waals surface area (Å²) in [6, 6.07) is 6.35. The molecular weight excluding hydrogens is 302 g/mol. The van der Waals surface area contributed by atoms with E-state index >= 15 is 0 Å². The summed E-state index contributed by atoms with van der Waals surface area (Å²) in [7, 11) is 0. The molecule has 2 saturated heterocycles. The van der Waals surface area contributed by atoms with E-state index < -0.39 is 0 Å². The standard InChI is InChI=1S/C18H23N5O/c1-2-16-11-17(21-18(20-16)22-7-9-24-10-8-22)23-12-15(13-23)14-3-5-19-6-4-14/h3-6,11,15H,2,7-10,12-13H2,1H3. The van der Waals surface area contributed by atoms with E-state index in [1.165, 1.54) is 5.56 Å². The molecule has 0 radical (unpaired) electrons. The van der Waals surface area contributed by atoms with Crippen LogP contribution in [0.4, 0.5) is 11.8 Å². The molecule has 0 bridgehead atoms. The van der Waals surface area contributed by atoms with E-state index in [-0.39, 0.29) is 0 Å². The van der Waals surface area contributed by atoms with Crippen LogP contribution in [0.15, 0.2) is 30.6 Å². The third-order valence-electron chi connectivity index (χ3n) is 4.79. The number of aryl methyl sites for hydroxylation is 1. The van der Waals surface area contributed by atoms with Gasteiger partial charge in [-0.25, -0.2) is 4.98 Å². The Morgan fingerprint density at radius 2 is 1.83 bits per heavy atom. The number of hydrogen-bond donors (Lipinski definition) is 0. The molecule has 0 spiro atoms. The molecule has 4 rings (SSSR count). The summed E-state index contributed by atoms with van der Waals surface area (Å²) in [6.07, 6.45) is 4.66. The molecule has 0 aliphatic carbocycles. The zero-order chi connectivity index (χ0) is 16.4. The highest BCUT2D eigenvalue weighted by Gasteiger charge is 2.30. The fourth-order valence-electron chi connectivity index (χ4n) is 3.23. The average Bonchev–Trinajstić information content (AvgIpc) is 2.62. The lowest BCUT2D eigenvalue weighted by atomic mass is 9.92. The largest absolute Gasteiger partial charge is 0.378 e. The van der Waals surface area contributed by atoms with Crippen molar-refractivity contribution in [2.75, 3.05) is 49.2 Å². The van der Waals surface area contributed by atoms with Crippen LogP contribution in [0.5, 0.6) is 0 Å². The Kier molecular flexibility index (Phi) is 4.30. The van der Waals surface area contributed by atoms with Gasteiger partial charge < -0.3 is 14.5 Å². The van der Waals surface area contributed by atoms with Crippen molar-refractivity contribution in [3.63, 3.8) is 0 Å². The number of aromatic nitrogens is 3. The number of anilines is 2. The summed E-state index contributed by atoms with van der Waals surface area (Å²) < 4.78 is 5.44. The number of pyridine rings is 1. The monoisotopic (exact) mass is 325 g/mol. The maximum Gasteiger partial charge on any atom is 0.227 e. The topological polar surface area (TPSA) is 54.4 Å². The van der Waals surface area contributed by atoms with Crippen LogP contribution in [0.1, 0.15) is 24.1 Å². The molecule has 2 fully saturated rings. The number of nitrogens with zero attached hydrogens (tertiary/aromatic N) is 5. The van der Waals surface area contributed by atoms with E-state index in [1.807, 2.05) is 12.4 Å². The second kappa shape index (κ2) is 6.73.